The average molecular weight is 502 g/mol. The summed E-state index contributed by atoms with van der Waals surface area (Å²) >= 11 is 12.8. The molecule has 0 saturated carbocycles. The standard InChI is InChI=1S/C24H30Cl2FNO3S/c1-3-4-18(28-12-11-27)6-5-16-13-21-22(14-17(25)15-23(21)26)24(16)31-19-7-9-20(10-8-19)32(2,29)30/h7-10,14-16,18,24,28H,3-6,11-13H2,1-2H3/t16-,18+,24+/m0/s1. The Kier molecular flexibility index (Phi) is 8.84. The monoisotopic (exact) mass is 501 g/mol. The van der Waals surface area contributed by atoms with Crippen LogP contribution in [0.4, 0.5) is 4.39 Å². The molecule has 2 aromatic rings. The maximum Gasteiger partial charge on any atom is 0.175 e. The van der Waals surface area contributed by atoms with Gasteiger partial charge in [0, 0.05) is 34.8 Å². The van der Waals surface area contributed by atoms with E-state index in [0.717, 1.165) is 43.2 Å². The fourth-order valence-corrected chi connectivity index (χ4v) is 5.63. The second kappa shape index (κ2) is 11.2. The summed E-state index contributed by atoms with van der Waals surface area (Å²) in [5.74, 6) is 0.777. The van der Waals surface area contributed by atoms with E-state index in [1.165, 1.54) is 6.26 Å². The lowest BCUT2D eigenvalue weighted by Crippen LogP contribution is -2.31. The van der Waals surface area contributed by atoms with Crippen LogP contribution in [0.5, 0.6) is 5.75 Å². The summed E-state index contributed by atoms with van der Waals surface area (Å²) in [4.78, 5) is 0.251. The smallest absolute Gasteiger partial charge is 0.175 e. The molecule has 2 aromatic carbocycles. The zero-order valence-electron chi connectivity index (χ0n) is 18.4. The highest BCUT2D eigenvalue weighted by Gasteiger charge is 2.36. The van der Waals surface area contributed by atoms with Crippen molar-refractivity contribution in [3.8, 4) is 5.75 Å². The largest absolute Gasteiger partial charge is 0.485 e. The molecule has 0 bridgehead atoms. The molecule has 0 aliphatic heterocycles. The quantitative estimate of drug-likeness (QED) is 0.398. The molecule has 3 atom stereocenters. The number of benzene rings is 2. The topological polar surface area (TPSA) is 55.4 Å². The maximum absolute atomic E-state index is 12.7. The molecule has 4 nitrogen and oxygen atoms in total. The van der Waals surface area contributed by atoms with Crippen LogP contribution in [-0.4, -0.2) is 33.9 Å². The molecule has 3 rings (SSSR count). The second-order valence-electron chi connectivity index (χ2n) is 8.41. The van der Waals surface area contributed by atoms with Crippen molar-refractivity contribution in [2.75, 3.05) is 19.5 Å². The highest BCUT2D eigenvalue weighted by atomic mass is 35.5. The summed E-state index contributed by atoms with van der Waals surface area (Å²) in [5.41, 5.74) is 2.02. The molecule has 0 aromatic heterocycles. The van der Waals surface area contributed by atoms with Crippen LogP contribution in [-0.2, 0) is 16.3 Å². The summed E-state index contributed by atoms with van der Waals surface area (Å²) in [6.45, 7) is 2.12. The molecule has 0 fully saturated rings. The lowest BCUT2D eigenvalue weighted by Gasteiger charge is -2.25. The van der Waals surface area contributed by atoms with Gasteiger partial charge in [-0.15, -0.1) is 0 Å². The van der Waals surface area contributed by atoms with Gasteiger partial charge in [-0.05, 0) is 73.2 Å². The molecule has 32 heavy (non-hydrogen) atoms. The average Bonchev–Trinajstić information content (AvgIpc) is 3.07. The Morgan fingerprint density at radius 3 is 2.53 bits per heavy atom. The molecule has 1 aliphatic carbocycles. The zero-order valence-corrected chi connectivity index (χ0v) is 20.7. The van der Waals surface area contributed by atoms with Crippen LogP contribution in [0.1, 0.15) is 49.8 Å². The Hall–Kier alpha value is -1.34. The molecular formula is C24H30Cl2FNO3S. The van der Waals surface area contributed by atoms with Gasteiger partial charge in [-0.25, -0.2) is 12.8 Å². The van der Waals surface area contributed by atoms with E-state index in [2.05, 4.69) is 12.2 Å². The van der Waals surface area contributed by atoms with Gasteiger partial charge in [0.25, 0.3) is 0 Å². The van der Waals surface area contributed by atoms with E-state index in [0.29, 0.717) is 22.3 Å². The van der Waals surface area contributed by atoms with Gasteiger partial charge in [0.1, 0.15) is 18.5 Å². The molecule has 0 spiro atoms. The number of alkyl halides is 1. The van der Waals surface area contributed by atoms with Gasteiger partial charge in [-0.3, -0.25) is 0 Å². The van der Waals surface area contributed by atoms with Crippen molar-refractivity contribution < 1.29 is 17.5 Å². The van der Waals surface area contributed by atoms with Crippen molar-refractivity contribution in [3.63, 3.8) is 0 Å². The fraction of sp³-hybridized carbons (Fsp3) is 0.500. The zero-order chi connectivity index (χ0) is 23.3. The number of nitrogens with one attached hydrogen (secondary N) is 1. The molecule has 1 N–H and O–H groups in total. The summed E-state index contributed by atoms with van der Waals surface area (Å²) < 4.78 is 42.5. The van der Waals surface area contributed by atoms with E-state index in [-0.39, 0.29) is 29.6 Å². The third-order valence-electron chi connectivity index (χ3n) is 5.96. The first-order chi connectivity index (χ1) is 15.2. The number of hydrogen-bond acceptors (Lipinski definition) is 4. The molecule has 8 heteroatoms. The fourth-order valence-electron chi connectivity index (χ4n) is 4.41. The van der Waals surface area contributed by atoms with E-state index in [4.69, 9.17) is 27.9 Å². The van der Waals surface area contributed by atoms with Crippen LogP contribution >= 0.6 is 23.2 Å². The maximum atomic E-state index is 12.7. The van der Waals surface area contributed by atoms with E-state index < -0.39 is 9.84 Å². The van der Waals surface area contributed by atoms with Crippen LogP contribution in [0.2, 0.25) is 10.0 Å². The number of sulfone groups is 1. The van der Waals surface area contributed by atoms with Gasteiger partial charge in [0.2, 0.25) is 0 Å². The number of fused-ring (bicyclic) bond motifs is 1. The first kappa shape index (κ1) is 25.3. The Morgan fingerprint density at radius 2 is 1.91 bits per heavy atom. The summed E-state index contributed by atoms with van der Waals surface area (Å²) in [5, 5.41) is 4.50. The van der Waals surface area contributed by atoms with Crippen molar-refractivity contribution in [3.05, 3.63) is 57.6 Å². The number of ether oxygens (including phenoxy) is 1. The molecule has 0 heterocycles. The molecule has 176 valence electrons. The predicted molar refractivity (Wildman–Crippen MR) is 128 cm³/mol. The lowest BCUT2D eigenvalue weighted by molar-refractivity contribution is 0.139. The minimum atomic E-state index is -3.27. The van der Waals surface area contributed by atoms with Gasteiger partial charge in [-0.2, -0.15) is 0 Å². The van der Waals surface area contributed by atoms with Crippen molar-refractivity contribution in [2.45, 2.75) is 56.1 Å². The van der Waals surface area contributed by atoms with Crippen LogP contribution < -0.4 is 10.1 Å². The van der Waals surface area contributed by atoms with Crippen molar-refractivity contribution >= 4 is 33.0 Å². The normalized spacial score (nSPS) is 19.0. The molecule has 1 aliphatic rings. The lowest BCUT2D eigenvalue weighted by atomic mass is 9.93. The Balaban J connectivity index is 1.82. The van der Waals surface area contributed by atoms with Gasteiger partial charge in [0.15, 0.2) is 9.84 Å². The minimum absolute atomic E-state index is 0.182. The van der Waals surface area contributed by atoms with E-state index in [1.54, 1.807) is 30.3 Å². The van der Waals surface area contributed by atoms with Crippen molar-refractivity contribution in [2.24, 2.45) is 5.92 Å². The van der Waals surface area contributed by atoms with Crippen molar-refractivity contribution in [1.29, 1.82) is 0 Å². The Labute approximate surface area is 200 Å². The Morgan fingerprint density at radius 1 is 1.19 bits per heavy atom. The first-order valence-electron chi connectivity index (χ1n) is 11.0. The van der Waals surface area contributed by atoms with E-state index in [1.807, 2.05) is 6.07 Å². The SMILES string of the molecule is CCC[C@H](CC[C@H]1Cc2c(Cl)cc(Cl)cc2[C@@H]1Oc1ccc(S(C)(=O)=O)cc1)NCCF. The third-order valence-corrected chi connectivity index (χ3v) is 7.65. The number of rotatable bonds is 11. The van der Waals surface area contributed by atoms with Crippen LogP contribution in [0.15, 0.2) is 41.3 Å². The number of halogens is 3. The molecule has 0 amide bonds. The minimum Gasteiger partial charge on any atom is -0.485 e. The molecule has 0 unspecified atom stereocenters. The Bertz CT molecular complexity index is 1010. The van der Waals surface area contributed by atoms with Crippen LogP contribution in [0.25, 0.3) is 0 Å². The van der Waals surface area contributed by atoms with Crippen molar-refractivity contribution in [1.82, 2.24) is 5.32 Å². The molecular weight excluding hydrogens is 472 g/mol. The summed E-state index contributed by atoms with van der Waals surface area (Å²) in [7, 11) is -3.27. The van der Waals surface area contributed by atoms with Gasteiger partial charge >= 0.3 is 0 Å². The van der Waals surface area contributed by atoms with Gasteiger partial charge < -0.3 is 10.1 Å². The van der Waals surface area contributed by atoms with Crippen LogP contribution in [0.3, 0.4) is 0 Å². The van der Waals surface area contributed by atoms with Crippen LogP contribution in [0, 0.1) is 5.92 Å². The predicted octanol–water partition coefficient (Wildman–Crippen LogP) is 6.20. The third kappa shape index (κ3) is 6.37. The molecule has 0 radical (unpaired) electrons. The van der Waals surface area contributed by atoms with Gasteiger partial charge in [0.05, 0.1) is 4.90 Å². The highest BCUT2D eigenvalue weighted by molar-refractivity contribution is 7.90. The van der Waals surface area contributed by atoms with Gasteiger partial charge in [-0.1, -0.05) is 36.5 Å². The molecule has 0 saturated heterocycles. The summed E-state index contributed by atoms with van der Waals surface area (Å²) in [6.07, 6.45) is 5.53. The second-order valence-corrected chi connectivity index (χ2v) is 11.3. The first-order valence-corrected chi connectivity index (χ1v) is 13.6. The van der Waals surface area contributed by atoms with E-state index in [9.17, 15) is 12.8 Å². The summed E-state index contributed by atoms with van der Waals surface area (Å²) in [6, 6.07) is 10.4. The highest BCUT2D eigenvalue weighted by Crippen LogP contribution is 2.45. The number of hydrogen-bond donors (Lipinski definition) is 1. The van der Waals surface area contributed by atoms with E-state index >= 15 is 0 Å².